The van der Waals surface area contributed by atoms with Crippen LogP contribution in [0.4, 0.5) is 4.39 Å². The zero-order valence-electron chi connectivity index (χ0n) is 16.5. The Morgan fingerprint density at radius 3 is 2.86 bits per heavy atom. The van der Waals surface area contributed by atoms with Gasteiger partial charge in [0.25, 0.3) is 0 Å². The number of nitrogens with zero attached hydrogens (tertiary/aromatic N) is 1. The lowest BCUT2D eigenvalue weighted by Gasteiger charge is -2.23. The Morgan fingerprint density at radius 2 is 2.11 bits per heavy atom. The molecule has 1 fully saturated rings. The molecule has 28 heavy (non-hydrogen) atoms. The maximum atomic E-state index is 13.9. The molecule has 0 bridgehead atoms. The Kier molecular flexibility index (Phi) is 7.54. The number of benzene rings is 2. The molecule has 0 spiro atoms. The third-order valence-electron chi connectivity index (χ3n) is 5.28. The summed E-state index contributed by atoms with van der Waals surface area (Å²) in [6, 6.07) is 11.0. The van der Waals surface area contributed by atoms with E-state index in [0.29, 0.717) is 28.1 Å². The first-order valence-corrected chi connectivity index (χ1v) is 10.2. The monoisotopic (exact) mass is 406 g/mol. The van der Waals surface area contributed by atoms with Crippen LogP contribution in [0.25, 0.3) is 0 Å². The third-order valence-corrected chi connectivity index (χ3v) is 5.63. The summed E-state index contributed by atoms with van der Waals surface area (Å²) >= 11 is 6.06. The highest BCUT2D eigenvalue weighted by Gasteiger charge is 2.22. The van der Waals surface area contributed by atoms with E-state index >= 15 is 0 Å². The molecule has 0 amide bonds. The molecule has 0 aromatic heterocycles. The summed E-state index contributed by atoms with van der Waals surface area (Å²) in [7, 11) is 1.60. The van der Waals surface area contributed by atoms with Gasteiger partial charge in [0, 0.05) is 24.7 Å². The fourth-order valence-corrected chi connectivity index (χ4v) is 3.90. The normalized spacial score (nSPS) is 17.1. The number of rotatable bonds is 9. The van der Waals surface area contributed by atoms with Gasteiger partial charge >= 0.3 is 0 Å². The first-order valence-electron chi connectivity index (χ1n) is 9.79. The Hall–Kier alpha value is -1.82. The van der Waals surface area contributed by atoms with Crippen molar-refractivity contribution in [2.24, 2.45) is 0 Å². The molecule has 3 rings (SSSR count). The number of hydrogen-bond donors (Lipinski definition) is 1. The minimum atomic E-state index is -0.375. The molecule has 1 heterocycles. The van der Waals surface area contributed by atoms with Crippen molar-refractivity contribution in [1.29, 1.82) is 0 Å². The molecule has 1 atom stereocenters. The molecule has 6 heteroatoms. The molecule has 152 valence electrons. The Labute approximate surface area is 171 Å². The lowest BCUT2D eigenvalue weighted by molar-refractivity contribution is 0.259. The molecule has 0 aliphatic carbocycles. The van der Waals surface area contributed by atoms with Crippen molar-refractivity contribution < 1.29 is 13.9 Å². The summed E-state index contributed by atoms with van der Waals surface area (Å²) < 4.78 is 25.1. The standard InChI is InChI=1S/C22H28ClFN2O2/c1-3-26-11-5-6-17(26)14-25-13-16-9-10-21(22(12-16)27-2)28-15-18-19(23)7-4-8-20(18)24/h4,7-10,12,17,25H,3,5-6,11,13-15H2,1-2H3. The molecule has 0 radical (unpaired) electrons. The van der Waals surface area contributed by atoms with E-state index in [-0.39, 0.29) is 12.4 Å². The van der Waals surface area contributed by atoms with E-state index in [1.807, 2.05) is 18.2 Å². The number of ether oxygens (including phenoxy) is 2. The topological polar surface area (TPSA) is 33.7 Å². The molecule has 1 aliphatic heterocycles. The maximum Gasteiger partial charge on any atom is 0.161 e. The lowest BCUT2D eigenvalue weighted by atomic mass is 10.1. The fraction of sp³-hybridized carbons (Fsp3) is 0.455. The second kappa shape index (κ2) is 10.1. The smallest absolute Gasteiger partial charge is 0.161 e. The molecule has 1 N–H and O–H groups in total. The van der Waals surface area contributed by atoms with Crippen LogP contribution in [-0.4, -0.2) is 37.7 Å². The van der Waals surface area contributed by atoms with E-state index in [2.05, 4.69) is 17.1 Å². The zero-order valence-corrected chi connectivity index (χ0v) is 17.3. The summed E-state index contributed by atoms with van der Waals surface area (Å²) in [5.41, 5.74) is 1.46. The second-order valence-electron chi connectivity index (χ2n) is 7.03. The van der Waals surface area contributed by atoms with E-state index in [9.17, 15) is 4.39 Å². The van der Waals surface area contributed by atoms with Crippen LogP contribution < -0.4 is 14.8 Å². The lowest BCUT2D eigenvalue weighted by Crippen LogP contribution is -2.37. The Bertz CT molecular complexity index is 767. The van der Waals surface area contributed by atoms with Gasteiger partial charge < -0.3 is 14.8 Å². The van der Waals surface area contributed by atoms with Crippen molar-refractivity contribution in [3.05, 3.63) is 58.4 Å². The van der Waals surface area contributed by atoms with Crippen LogP contribution in [0.15, 0.2) is 36.4 Å². The van der Waals surface area contributed by atoms with E-state index in [4.69, 9.17) is 21.1 Å². The summed E-state index contributed by atoms with van der Waals surface area (Å²) in [4.78, 5) is 2.53. The predicted octanol–water partition coefficient (Wildman–Crippen LogP) is 4.64. The van der Waals surface area contributed by atoms with Crippen LogP contribution in [0.1, 0.15) is 30.9 Å². The van der Waals surface area contributed by atoms with E-state index < -0.39 is 0 Å². The first kappa shape index (κ1) is 20.9. The minimum absolute atomic E-state index is 0.0496. The number of hydrogen-bond acceptors (Lipinski definition) is 4. The zero-order chi connectivity index (χ0) is 19.9. The van der Waals surface area contributed by atoms with Crippen LogP contribution in [0.2, 0.25) is 5.02 Å². The van der Waals surface area contributed by atoms with Gasteiger partial charge in [0.1, 0.15) is 12.4 Å². The Morgan fingerprint density at radius 1 is 1.25 bits per heavy atom. The van der Waals surface area contributed by atoms with E-state index in [1.54, 1.807) is 19.2 Å². The Balaban J connectivity index is 1.57. The number of halogens is 2. The predicted molar refractivity (Wildman–Crippen MR) is 111 cm³/mol. The van der Waals surface area contributed by atoms with Crippen LogP contribution in [0.5, 0.6) is 11.5 Å². The van der Waals surface area contributed by atoms with Gasteiger partial charge in [0.05, 0.1) is 12.1 Å². The quantitative estimate of drug-likeness (QED) is 0.657. The summed E-state index contributed by atoms with van der Waals surface area (Å²) in [6.45, 7) is 6.33. The van der Waals surface area contributed by atoms with Crippen molar-refractivity contribution in [2.45, 2.75) is 39.0 Å². The summed E-state index contributed by atoms with van der Waals surface area (Å²) in [6.07, 6.45) is 2.54. The van der Waals surface area contributed by atoms with E-state index in [0.717, 1.165) is 25.2 Å². The highest BCUT2D eigenvalue weighted by atomic mass is 35.5. The van der Waals surface area contributed by atoms with Gasteiger partial charge in [-0.2, -0.15) is 0 Å². The largest absolute Gasteiger partial charge is 0.493 e. The second-order valence-corrected chi connectivity index (χ2v) is 7.44. The van der Waals surface area contributed by atoms with E-state index in [1.165, 1.54) is 25.5 Å². The van der Waals surface area contributed by atoms with Crippen molar-refractivity contribution >= 4 is 11.6 Å². The highest BCUT2D eigenvalue weighted by molar-refractivity contribution is 6.31. The number of likely N-dealkylation sites (tertiary alicyclic amines) is 1. The van der Waals surface area contributed by atoms with Gasteiger partial charge in [-0.05, 0) is 55.8 Å². The van der Waals surface area contributed by atoms with Crippen molar-refractivity contribution in [2.75, 3.05) is 26.7 Å². The van der Waals surface area contributed by atoms with Crippen LogP contribution in [-0.2, 0) is 13.2 Å². The summed E-state index contributed by atoms with van der Waals surface area (Å²) in [5, 5.41) is 3.90. The molecule has 0 saturated carbocycles. The van der Waals surface area contributed by atoms with Crippen molar-refractivity contribution in [3.63, 3.8) is 0 Å². The molecular weight excluding hydrogens is 379 g/mol. The fourth-order valence-electron chi connectivity index (χ4n) is 3.69. The van der Waals surface area contributed by atoms with Gasteiger partial charge in [-0.1, -0.05) is 30.7 Å². The average Bonchev–Trinajstić information content (AvgIpc) is 3.15. The van der Waals surface area contributed by atoms with Crippen molar-refractivity contribution in [1.82, 2.24) is 10.2 Å². The number of nitrogens with one attached hydrogen (secondary N) is 1. The molecule has 1 saturated heterocycles. The first-order chi connectivity index (χ1) is 13.6. The summed E-state index contributed by atoms with van der Waals surface area (Å²) in [5.74, 6) is 0.821. The molecule has 1 aliphatic rings. The van der Waals surface area contributed by atoms with Crippen LogP contribution >= 0.6 is 11.6 Å². The molecule has 2 aromatic rings. The molecule has 4 nitrogen and oxygen atoms in total. The SMILES string of the molecule is CCN1CCCC1CNCc1ccc(OCc2c(F)cccc2Cl)c(OC)c1. The van der Waals surface area contributed by atoms with Crippen LogP contribution in [0.3, 0.4) is 0 Å². The average molecular weight is 407 g/mol. The molecule has 1 unspecified atom stereocenters. The minimum Gasteiger partial charge on any atom is -0.493 e. The number of likely N-dealkylation sites (N-methyl/N-ethyl adjacent to an activating group) is 1. The third kappa shape index (κ3) is 5.16. The molecular formula is C22H28ClFN2O2. The van der Waals surface area contributed by atoms with Crippen molar-refractivity contribution in [3.8, 4) is 11.5 Å². The van der Waals surface area contributed by atoms with Gasteiger partial charge in [0.15, 0.2) is 11.5 Å². The highest BCUT2D eigenvalue weighted by Crippen LogP contribution is 2.30. The van der Waals surface area contributed by atoms with Crippen LogP contribution in [0, 0.1) is 5.82 Å². The number of methoxy groups -OCH3 is 1. The van der Waals surface area contributed by atoms with Gasteiger partial charge in [0.2, 0.25) is 0 Å². The van der Waals surface area contributed by atoms with Gasteiger partial charge in [-0.15, -0.1) is 0 Å². The molecule has 2 aromatic carbocycles. The maximum absolute atomic E-state index is 13.9. The van der Waals surface area contributed by atoms with Gasteiger partial charge in [-0.3, -0.25) is 4.90 Å². The van der Waals surface area contributed by atoms with Gasteiger partial charge in [-0.25, -0.2) is 4.39 Å².